The molecule has 18 heavy (non-hydrogen) atoms. The summed E-state index contributed by atoms with van der Waals surface area (Å²) in [5.41, 5.74) is 0.652. The quantitative estimate of drug-likeness (QED) is 0.897. The summed E-state index contributed by atoms with van der Waals surface area (Å²) in [5, 5.41) is 12.2. The molecule has 0 radical (unpaired) electrons. The minimum Gasteiger partial charge on any atom is -0.394 e. The Balaban J connectivity index is 2.71. The van der Waals surface area contributed by atoms with Crippen molar-refractivity contribution in [2.75, 3.05) is 6.61 Å². The second kappa shape index (κ2) is 6.34. The van der Waals surface area contributed by atoms with E-state index in [9.17, 15) is 9.90 Å². The molecule has 1 unspecified atom stereocenters. The highest BCUT2D eigenvalue weighted by Gasteiger charge is 2.20. The first-order valence-electron chi connectivity index (χ1n) is 6.00. The highest BCUT2D eigenvalue weighted by Crippen LogP contribution is 2.21. The second-order valence-electron chi connectivity index (χ2n) is 5.60. The normalized spacial score (nSPS) is 13.2. The molecule has 1 aromatic carbocycles. The van der Waals surface area contributed by atoms with Gasteiger partial charge < -0.3 is 10.4 Å². The van der Waals surface area contributed by atoms with E-state index in [4.69, 9.17) is 0 Å². The third-order valence-corrected chi connectivity index (χ3v) is 3.22. The monoisotopic (exact) mass is 313 g/mol. The molecule has 0 aliphatic carbocycles. The van der Waals surface area contributed by atoms with Crippen LogP contribution in [0, 0.1) is 5.41 Å². The fraction of sp³-hybridized carbons (Fsp3) is 0.500. The molecule has 0 fully saturated rings. The van der Waals surface area contributed by atoms with Crippen LogP contribution in [0.4, 0.5) is 0 Å². The van der Waals surface area contributed by atoms with Gasteiger partial charge in [0.05, 0.1) is 18.2 Å². The summed E-state index contributed by atoms with van der Waals surface area (Å²) in [6.07, 6.45) is 0.736. The summed E-state index contributed by atoms with van der Waals surface area (Å²) in [6, 6.07) is 7.04. The van der Waals surface area contributed by atoms with Crippen LogP contribution >= 0.6 is 15.9 Å². The SMILES string of the molecule is CC(C)(C)CC(CO)NC(=O)c1ccccc1Br. The van der Waals surface area contributed by atoms with E-state index in [2.05, 4.69) is 42.0 Å². The molecule has 0 aliphatic rings. The van der Waals surface area contributed by atoms with Gasteiger partial charge in [0.25, 0.3) is 5.91 Å². The van der Waals surface area contributed by atoms with E-state index in [0.29, 0.717) is 5.56 Å². The summed E-state index contributed by atoms with van der Waals surface area (Å²) in [4.78, 5) is 12.1. The third kappa shape index (κ3) is 4.78. The molecule has 1 amide bonds. The fourth-order valence-electron chi connectivity index (χ4n) is 1.81. The van der Waals surface area contributed by atoms with Gasteiger partial charge in [0.2, 0.25) is 0 Å². The Labute approximate surface area is 117 Å². The summed E-state index contributed by atoms with van der Waals surface area (Å²) >= 11 is 3.35. The molecule has 100 valence electrons. The van der Waals surface area contributed by atoms with Crippen LogP contribution in [0.1, 0.15) is 37.6 Å². The minimum atomic E-state index is -0.218. The molecular weight excluding hydrogens is 294 g/mol. The number of nitrogens with one attached hydrogen (secondary N) is 1. The van der Waals surface area contributed by atoms with Crippen LogP contribution in [-0.2, 0) is 0 Å². The van der Waals surface area contributed by atoms with Gasteiger partial charge >= 0.3 is 0 Å². The summed E-state index contributed by atoms with van der Waals surface area (Å²) in [5.74, 6) is -0.161. The smallest absolute Gasteiger partial charge is 0.252 e. The zero-order chi connectivity index (χ0) is 13.8. The van der Waals surface area contributed by atoms with Crippen LogP contribution < -0.4 is 5.32 Å². The molecule has 0 saturated carbocycles. The van der Waals surface area contributed by atoms with Crippen LogP contribution in [0.25, 0.3) is 0 Å². The van der Waals surface area contributed by atoms with E-state index in [1.807, 2.05) is 18.2 Å². The molecule has 1 atom stereocenters. The standard InChI is InChI=1S/C14H20BrNO2/c1-14(2,3)8-10(9-17)16-13(18)11-6-4-5-7-12(11)15/h4-7,10,17H,8-9H2,1-3H3,(H,16,18). The number of carbonyl (C=O) groups excluding carboxylic acids is 1. The average Bonchev–Trinajstić information content (AvgIpc) is 2.26. The lowest BCUT2D eigenvalue weighted by Crippen LogP contribution is -2.40. The molecule has 0 aromatic heterocycles. The zero-order valence-corrected chi connectivity index (χ0v) is 12.6. The van der Waals surface area contributed by atoms with Crippen molar-refractivity contribution in [3.63, 3.8) is 0 Å². The summed E-state index contributed by atoms with van der Waals surface area (Å²) < 4.78 is 0.759. The zero-order valence-electron chi connectivity index (χ0n) is 11.0. The summed E-state index contributed by atoms with van der Waals surface area (Å²) in [7, 11) is 0. The molecule has 2 N–H and O–H groups in total. The van der Waals surface area contributed by atoms with Gasteiger partial charge in [-0.2, -0.15) is 0 Å². The molecule has 1 rings (SSSR count). The maximum atomic E-state index is 12.1. The van der Waals surface area contributed by atoms with Crippen molar-refractivity contribution in [2.24, 2.45) is 5.41 Å². The van der Waals surface area contributed by atoms with Crippen molar-refractivity contribution in [3.05, 3.63) is 34.3 Å². The first-order valence-corrected chi connectivity index (χ1v) is 6.79. The van der Waals surface area contributed by atoms with Gasteiger partial charge in [-0.15, -0.1) is 0 Å². The Hall–Kier alpha value is -0.870. The predicted molar refractivity (Wildman–Crippen MR) is 76.6 cm³/mol. The second-order valence-corrected chi connectivity index (χ2v) is 6.45. The lowest BCUT2D eigenvalue weighted by atomic mass is 9.88. The van der Waals surface area contributed by atoms with Crippen molar-refractivity contribution >= 4 is 21.8 Å². The molecule has 1 aromatic rings. The number of amides is 1. The Morgan fingerprint density at radius 1 is 1.39 bits per heavy atom. The van der Waals surface area contributed by atoms with E-state index in [1.54, 1.807) is 6.07 Å². The lowest BCUT2D eigenvalue weighted by molar-refractivity contribution is 0.0897. The van der Waals surface area contributed by atoms with Gasteiger partial charge in [0.15, 0.2) is 0 Å². The van der Waals surface area contributed by atoms with Crippen LogP contribution in [0.5, 0.6) is 0 Å². The topological polar surface area (TPSA) is 49.3 Å². The number of benzene rings is 1. The highest BCUT2D eigenvalue weighted by atomic mass is 79.9. The number of hydrogen-bond donors (Lipinski definition) is 2. The maximum Gasteiger partial charge on any atom is 0.252 e. The Kier molecular flexibility index (Phi) is 5.35. The van der Waals surface area contributed by atoms with Crippen molar-refractivity contribution in [2.45, 2.75) is 33.2 Å². The molecule has 0 bridgehead atoms. The Morgan fingerprint density at radius 2 is 2.00 bits per heavy atom. The Bertz CT molecular complexity index is 413. The van der Waals surface area contributed by atoms with Gasteiger partial charge in [0.1, 0.15) is 0 Å². The molecule has 0 spiro atoms. The fourth-order valence-corrected chi connectivity index (χ4v) is 2.27. The van der Waals surface area contributed by atoms with E-state index >= 15 is 0 Å². The number of rotatable bonds is 4. The molecule has 0 heterocycles. The number of halogens is 1. The highest BCUT2D eigenvalue weighted by molar-refractivity contribution is 9.10. The van der Waals surface area contributed by atoms with E-state index in [1.165, 1.54) is 0 Å². The maximum absolute atomic E-state index is 12.1. The van der Waals surface area contributed by atoms with Crippen molar-refractivity contribution < 1.29 is 9.90 Å². The molecular formula is C14H20BrNO2. The Morgan fingerprint density at radius 3 is 2.50 bits per heavy atom. The largest absolute Gasteiger partial charge is 0.394 e. The summed E-state index contributed by atoms with van der Waals surface area (Å²) in [6.45, 7) is 6.20. The van der Waals surface area contributed by atoms with Crippen LogP contribution in [0.2, 0.25) is 0 Å². The number of carbonyl (C=O) groups is 1. The molecule has 0 saturated heterocycles. The first-order chi connectivity index (χ1) is 8.33. The number of hydrogen-bond acceptors (Lipinski definition) is 2. The van der Waals surface area contributed by atoms with Gasteiger partial charge in [-0.05, 0) is 39.9 Å². The van der Waals surface area contributed by atoms with Crippen LogP contribution in [0.15, 0.2) is 28.7 Å². The van der Waals surface area contributed by atoms with Crippen molar-refractivity contribution in [1.82, 2.24) is 5.32 Å². The van der Waals surface area contributed by atoms with Gasteiger partial charge in [-0.1, -0.05) is 32.9 Å². The molecule has 3 nitrogen and oxygen atoms in total. The van der Waals surface area contributed by atoms with Crippen LogP contribution in [0.3, 0.4) is 0 Å². The lowest BCUT2D eigenvalue weighted by Gasteiger charge is -2.25. The average molecular weight is 314 g/mol. The van der Waals surface area contributed by atoms with Crippen molar-refractivity contribution in [3.8, 4) is 0 Å². The van der Waals surface area contributed by atoms with Gasteiger partial charge in [0, 0.05) is 4.47 Å². The van der Waals surface area contributed by atoms with Crippen LogP contribution in [-0.4, -0.2) is 23.7 Å². The van der Waals surface area contributed by atoms with Gasteiger partial charge in [-0.25, -0.2) is 0 Å². The van der Waals surface area contributed by atoms with E-state index in [-0.39, 0.29) is 24.0 Å². The molecule has 0 aliphatic heterocycles. The molecule has 4 heteroatoms. The van der Waals surface area contributed by atoms with Gasteiger partial charge in [-0.3, -0.25) is 4.79 Å². The number of aliphatic hydroxyl groups is 1. The van der Waals surface area contributed by atoms with Crippen molar-refractivity contribution in [1.29, 1.82) is 0 Å². The van der Waals surface area contributed by atoms with E-state index in [0.717, 1.165) is 10.9 Å². The number of aliphatic hydroxyl groups excluding tert-OH is 1. The first kappa shape index (κ1) is 15.2. The van der Waals surface area contributed by atoms with E-state index < -0.39 is 0 Å². The minimum absolute atomic E-state index is 0.0482. The third-order valence-electron chi connectivity index (χ3n) is 2.53. The predicted octanol–water partition coefficient (Wildman–Crippen LogP) is 2.98.